The minimum Gasteiger partial charge on any atom is -0.504 e. The number of phenols is 1. The largest absolute Gasteiger partial charge is 0.504 e. The van der Waals surface area contributed by atoms with Crippen LogP contribution in [-0.4, -0.2) is 24.8 Å². The van der Waals surface area contributed by atoms with Crippen LogP contribution in [0.25, 0.3) is 6.08 Å². The summed E-state index contributed by atoms with van der Waals surface area (Å²) < 4.78 is 10.2. The summed E-state index contributed by atoms with van der Waals surface area (Å²) in [5, 5.41) is 9.52. The molecule has 1 rings (SSSR count). The van der Waals surface area contributed by atoms with Gasteiger partial charge in [-0.1, -0.05) is 33.8 Å². The Labute approximate surface area is 139 Å². The van der Waals surface area contributed by atoms with E-state index in [-0.39, 0.29) is 11.7 Å². The number of aromatic hydroxyl groups is 1. The number of carbonyl (C=O) groups excluding carboxylic acids is 1. The average molecular weight is 320 g/mol. The van der Waals surface area contributed by atoms with Crippen LogP contribution in [0.15, 0.2) is 24.3 Å². The van der Waals surface area contributed by atoms with Gasteiger partial charge in [0, 0.05) is 6.08 Å². The van der Waals surface area contributed by atoms with Gasteiger partial charge in [-0.15, -0.1) is 0 Å². The first-order chi connectivity index (χ1) is 10.7. The second-order valence-electron chi connectivity index (χ2n) is 7.09. The summed E-state index contributed by atoms with van der Waals surface area (Å²) in [6, 6.07) is 4.88. The molecule has 1 atom stereocenters. The maximum Gasteiger partial charge on any atom is 0.330 e. The Kier molecular flexibility index (Phi) is 7.14. The highest BCUT2D eigenvalue weighted by Gasteiger charge is 2.15. The van der Waals surface area contributed by atoms with Crippen LogP contribution in [0.5, 0.6) is 11.5 Å². The lowest BCUT2D eigenvalue weighted by atomic mass is 9.84. The Balaban J connectivity index is 2.42. The van der Waals surface area contributed by atoms with Crippen molar-refractivity contribution in [2.45, 2.75) is 40.5 Å². The van der Waals surface area contributed by atoms with Crippen LogP contribution in [0.4, 0.5) is 0 Å². The van der Waals surface area contributed by atoms with Gasteiger partial charge in [0.05, 0.1) is 13.7 Å². The Morgan fingerprint density at radius 2 is 2.04 bits per heavy atom. The van der Waals surface area contributed by atoms with Crippen LogP contribution < -0.4 is 4.74 Å². The number of hydrogen-bond acceptors (Lipinski definition) is 4. The quantitative estimate of drug-likeness (QED) is 0.597. The van der Waals surface area contributed by atoms with Crippen LogP contribution in [0, 0.1) is 11.3 Å². The van der Waals surface area contributed by atoms with E-state index in [1.165, 1.54) is 19.3 Å². The van der Waals surface area contributed by atoms with E-state index < -0.39 is 0 Å². The molecule has 1 N–H and O–H groups in total. The van der Waals surface area contributed by atoms with E-state index in [1.54, 1.807) is 18.2 Å². The SMILES string of the molecule is COc1cc(/C=C/C(=O)OCCC(C)CC(C)(C)C)ccc1O. The molecular weight excluding hydrogens is 292 g/mol. The molecule has 0 aliphatic heterocycles. The van der Waals surface area contributed by atoms with Gasteiger partial charge in [0.2, 0.25) is 0 Å². The third kappa shape index (κ3) is 7.73. The smallest absolute Gasteiger partial charge is 0.330 e. The molecule has 0 radical (unpaired) electrons. The van der Waals surface area contributed by atoms with E-state index in [1.807, 2.05) is 0 Å². The molecule has 0 bridgehead atoms. The highest BCUT2D eigenvalue weighted by Crippen LogP contribution is 2.27. The minimum atomic E-state index is -0.361. The van der Waals surface area contributed by atoms with Crippen molar-refractivity contribution in [1.29, 1.82) is 0 Å². The molecule has 0 aliphatic rings. The van der Waals surface area contributed by atoms with Crippen LogP contribution in [0.2, 0.25) is 0 Å². The standard InChI is InChI=1S/C19H28O4/c1-14(13-19(2,3)4)10-11-23-18(21)9-7-15-6-8-16(20)17(12-15)22-5/h6-9,12,14,20H,10-11,13H2,1-5H3/b9-7+. The Bertz CT molecular complexity index is 541. The van der Waals surface area contributed by atoms with Crippen molar-refractivity contribution in [2.75, 3.05) is 13.7 Å². The summed E-state index contributed by atoms with van der Waals surface area (Å²) in [5.74, 6) is 0.602. The molecule has 0 aliphatic carbocycles. The zero-order valence-corrected chi connectivity index (χ0v) is 14.8. The number of benzene rings is 1. The molecule has 1 unspecified atom stereocenters. The molecule has 4 nitrogen and oxygen atoms in total. The predicted octanol–water partition coefficient (Wildman–Crippen LogP) is 4.42. The number of esters is 1. The van der Waals surface area contributed by atoms with Gasteiger partial charge in [-0.3, -0.25) is 0 Å². The molecule has 0 spiro atoms. The van der Waals surface area contributed by atoms with E-state index in [0.717, 1.165) is 18.4 Å². The predicted molar refractivity (Wildman–Crippen MR) is 92.5 cm³/mol. The molecule has 0 saturated carbocycles. The fourth-order valence-corrected chi connectivity index (χ4v) is 2.52. The van der Waals surface area contributed by atoms with Gasteiger partial charge < -0.3 is 14.6 Å². The summed E-state index contributed by atoms with van der Waals surface area (Å²) in [4.78, 5) is 11.7. The second-order valence-corrected chi connectivity index (χ2v) is 7.09. The molecule has 1 aromatic rings. The van der Waals surface area contributed by atoms with Gasteiger partial charge in [0.1, 0.15) is 0 Å². The number of phenolic OH excluding ortho intramolecular Hbond substituents is 1. The number of methoxy groups -OCH3 is 1. The monoisotopic (exact) mass is 320 g/mol. The highest BCUT2D eigenvalue weighted by atomic mass is 16.5. The molecule has 0 saturated heterocycles. The van der Waals surface area contributed by atoms with Gasteiger partial charge >= 0.3 is 5.97 Å². The summed E-state index contributed by atoms with van der Waals surface area (Å²) in [6.45, 7) is 9.25. The summed E-state index contributed by atoms with van der Waals surface area (Å²) in [5.41, 5.74) is 1.05. The lowest BCUT2D eigenvalue weighted by molar-refractivity contribution is -0.138. The van der Waals surface area contributed by atoms with E-state index >= 15 is 0 Å². The number of rotatable bonds is 7. The van der Waals surface area contributed by atoms with Crippen molar-refractivity contribution < 1.29 is 19.4 Å². The molecule has 0 aromatic heterocycles. The van der Waals surface area contributed by atoms with Gasteiger partial charge in [-0.25, -0.2) is 4.79 Å². The fourth-order valence-electron chi connectivity index (χ4n) is 2.52. The van der Waals surface area contributed by atoms with Crippen molar-refractivity contribution in [2.24, 2.45) is 11.3 Å². The van der Waals surface area contributed by atoms with E-state index in [4.69, 9.17) is 9.47 Å². The van der Waals surface area contributed by atoms with Crippen molar-refractivity contribution in [3.8, 4) is 11.5 Å². The molecule has 4 heteroatoms. The molecule has 0 amide bonds. The van der Waals surface area contributed by atoms with Gasteiger partial charge in [0.15, 0.2) is 11.5 Å². The maximum atomic E-state index is 11.7. The van der Waals surface area contributed by atoms with Crippen LogP contribution >= 0.6 is 0 Å². The summed E-state index contributed by atoms with van der Waals surface area (Å²) in [7, 11) is 1.48. The minimum absolute atomic E-state index is 0.0695. The third-order valence-electron chi connectivity index (χ3n) is 3.43. The van der Waals surface area contributed by atoms with Gasteiger partial charge in [-0.05, 0) is 47.9 Å². The van der Waals surface area contributed by atoms with E-state index in [9.17, 15) is 9.90 Å². The average Bonchev–Trinajstić information content (AvgIpc) is 2.44. The lowest BCUT2D eigenvalue weighted by Crippen LogP contribution is -2.13. The number of ether oxygens (including phenoxy) is 2. The molecule has 23 heavy (non-hydrogen) atoms. The Hall–Kier alpha value is -1.97. The first-order valence-corrected chi connectivity index (χ1v) is 7.93. The summed E-state index contributed by atoms with van der Waals surface area (Å²) >= 11 is 0. The van der Waals surface area contributed by atoms with Crippen LogP contribution in [0.3, 0.4) is 0 Å². The Morgan fingerprint density at radius 1 is 1.35 bits per heavy atom. The molecular formula is C19H28O4. The van der Waals surface area contributed by atoms with Gasteiger partial charge in [0.25, 0.3) is 0 Å². The maximum absolute atomic E-state index is 11.7. The first-order valence-electron chi connectivity index (χ1n) is 7.93. The van der Waals surface area contributed by atoms with Crippen molar-refractivity contribution >= 4 is 12.0 Å². The lowest BCUT2D eigenvalue weighted by Gasteiger charge is -2.22. The highest BCUT2D eigenvalue weighted by molar-refractivity contribution is 5.87. The molecule has 0 heterocycles. The van der Waals surface area contributed by atoms with Crippen molar-refractivity contribution in [1.82, 2.24) is 0 Å². The zero-order chi connectivity index (χ0) is 17.5. The first kappa shape index (κ1) is 19.1. The molecule has 0 fully saturated rings. The van der Waals surface area contributed by atoms with E-state index in [2.05, 4.69) is 27.7 Å². The fraction of sp³-hybridized carbons (Fsp3) is 0.526. The topological polar surface area (TPSA) is 55.8 Å². The normalized spacial score (nSPS) is 13.1. The van der Waals surface area contributed by atoms with Crippen LogP contribution in [0.1, 0.15) is 46.1 Å². The number of carbonyl (C=O) groups is 1. The Morgan fingerprint density at radius 3 is 2.65 bits per heavy atom. The second kappa shape index (κ2) is 8.61. The number of hydrogen-bond donors (Lipinski definition) is 1. The third-order valence-corrected chi connectivity index (χ3v) is 3.43. The van der Waals surface area contributed by atoms with Crippen molar-refractivity contribution in [3.63, 3.8) is 0 Å². The van der Waals surface area contributed by atoms with Crippen LogP contribution in [-0.2, 0) is 9.53 Å². The van der Waals surface area contributed by atoms with E-state index in [0.29, 0.717) is 23.7 Å². The van der Waals surface area contributed by atoms with Crippen molar-refractivity contribution in [3.05, 3.63) is 29.8 Å². The van der Waals surface area contributed by atoms with Gasteiger partial charge in [-0.2, -0.15) is 0 Å². The zero-order valence-electron chi connectivity index (χ0n) is 14.8. The summed E-state index contributed by atoms with van der Waals surface area (Å²) in [6.07, 6.45) is 5.00. The molecule has 1 aromatic carbocycles. The molecule has 128 valence electrons.